The Balaban J connectivity index is 2.04. The van der Waals surface area contributed by atoms with E-state index in [1.54, 1.807) is 24.4 Å². The number of phenols is 1. The molecule has 2 N–H and O–H groups in total. The minimum Gasteiger partial charge on any atom is -0.507 e. The second-order valence-corrected chi connectivity index (χ2v) is 4.61. The molecule has 0 aliphatic carbocycles. The summed E-state index contributed by atoms with van der Waals surface area (Å²) in [4.78, 5) is 7.51. The van der Waals surface area contributed by atoms with Gasteiger partial charge in [-0.2, -0.15) is 0 Å². The van der Waals surface area contributed by atoms with E-state index in [4.69, 9.17) is 11.6 Å². The zero-order valence-corrected chi connectivity index (χ0v) is 10.7. The van der Waals surface area contributed by atoms with Crippen LogP contribution in [0.2, 0.25) is 5.02 Å². The van der Waals surface area contributed by atoms with Crippen LogP contribution in [0.25, 0.3) is 22.6 Å². The maximum Gasteiger partial charge on any atom is 0.137 e. The minimum atomic E-state index is 0.174. The number of hydrogen-bond donors (Lipinski definition) is 2. The van der Waals surface area contributed by atoms with Gasteiger partial charge in [0, 0.05) is 16.1 Å². The number of nitrogens with zero attached hydrogens (tertiary/aromatic N) is 1. The van der Waals surface area contributed by atoms with Crippen molar-refractivity contribution in [3.8, 4) is 28.4 Å². The molecule has 1 heterocycles. The maximum absolute atomic E-state index is 9.86. The minimum absolute atomic E-state index is 0.174. The van der Waals surface area contributed by atoms with Crippen molar-refractivity contribution in [2.45, 2.75) is 0 Å². The number of halogens is 1. The largest absolute Gasteiger partial charge is 0.507 e. The van der Waals surface area contributed by atoms with Crippen molar-refractivity contribution in [2.75, 3.05) is 0 Å². The molecule has 0 saturated heterocycles. The highest BCUT2D eigenvalue weighted by Gasteiger charge is 2.09. The predicted octanol–water partition coefficient (Wildman–Crippen LogP) is 4.10. The van der Waals surface area contributed by atoms with Crippen molar-refractivity contribution in [3.63, 3.8) is 0 Å². The van der Waals surface area contributed by atoms with Crippen molar-refractivity contribution in [1.29, 1.82) is 0 Å². The lowest BCUT2D eigenvalue weighted by Gasteiger charge is -2.02. The number of nitrogens with one attached hydrogen (secondary N) is 1. The molecule has 94 valence electrons. The first-order valence-corrected chi connectivity index (χ1v) is 6.21. The van der Waals surface area contributed by atoms with Gasteiger partial charge in [0.15, 0.2) is 0 Å². The van der Waals surface area contributed by atoms with Crippen molar-refractivity contribution >= 4 is 11.6 Å². The Kier molecular flexibility index (Phi) is 2.97. The molecule has 3 aromatic rings. The van der Waals surface area contributed by atoms with E-state index in [-0.39, 0.29) is 5.75 Å². The summed E-state index contributed by atoms with van der Waals surface area (Å²) < 4.78 is 0. The van der Waals surface area contributed by atoms with Crippen LogP contribution in [0.3, 0.4) is 0 Å². The van der Waals surface area contributed by atoms with Crippen molar-refractivity contribution in [2.24, 2.45) is 0 Å². The summed E-state index contributed by atoms with van der Waals surface area (Å²) in [5.41, 5.74) is 2.37. The van der Waals surface area contributed by atoms with E-state index in [0.29, 0.717) is 10.6 Å². The van der Waals surface area contributed by atoms with Gasteiger partial charge in [0.1, 0.15) is 11.6 Å². The lowest BCUT2D eigenvalue weighted by molar-refractivity contribution is 0.477. The Morgan fingerprint density at radius 3 is 2.63 bits per heavy atom. The third-order valence-corrected chi connectivity index (χ3v) is 3.11. The number of hydrogen-bond acceptors (Lipinski definition) is 2. The average Bonchev–Trinajstić information content (AvgIpc) is 2.92. The molecule has 0 fully saturated rings. The van der Waals surface area contributed by atoms with Crippen LogP contribution in [-0.2, 0) is 0 Å². The summed E-state index contributed by atoms with van der Waals surface area (Å²) in [7, 11) is 0. The molecule has 1 aromatic heterocycles. The molecule has 0 aliphatic heterocycles. The SMILES string of the molecule is Oc1ccc(Cl)cc1-c1cnc(-c2ccccc2)[nH]1. The highest BCUT2D eigenvalue weighted by molar-refractivity contribution is 6.30. The predicted molar refractivity (Wildman–Crippen MR) is 76.1 cm³/mol. The zero-order valence-electron chi connectivity index (χ0n) is 9.97. The van der Waals surface area contributed by atoms with Crippen LogP contribution in [0, 0.1) is 0 Å². The fourth-order valence-electron chi connectivity index (χ4n) is 1.92. The van der Waals surface area contributed by atoms with Gasteiger partial charge in [0.2, 0.25) is 0 Å². The number of H-pyrrole nitrogens is 1. The number of aromatic nitrogens is 2. The topological polar surface area (TPSA) is 48.9 Å². The van der Waals surface area contributed by atoms with Gasteiger partial charge < -0.3 is 10.1 Å². The van der Waals surface area contributed by atoms with E-state index < -0.39 is 0 Å². The van der Waals surface area contributed by atoms with Crippen LogP contribution in [0.4, 0.5) is 0 Å². The molecule has 0 saturated carbocycles. The molecule has 3 nitrogen and oxygen atoms in total. The third kappa shape index (κ3) is 2.33. The van der Waals surface area contributed by atoms with E-state index >= 15 is 0 Å². The highest BCUT2D eigenvalue weighted by Crippen LogP contribution is 2.31. The van der Waals surface area contributed by atoms with E-state index in [2.05, 4.69) is 9.97 Å². The second kappa shape index (κ2) is 4.78. The lowest BCUT2D eigenvalue weighted by atomic mass is 10.1. The summed E-state index contributed by atoms with van der Waals surface area (Å²) >= 11 is 5.95. The van der Waals surface area contributed by atoms with Gasteiger partial charge in [-0.15, -0.1) is 0 Å². The fourth-order valence-corrected chi connectivity index (χ4v) is 2.10. The summed E-state index contributed by atoms with van der Waals surface area (Å²) in [6.45, 7) is 0. The first kappa shape index (κ1) is 11.8. The standard InChI is InChI=1S/C15H11ClN2O/c16-11-6-7-14(19)12(8-11)13-9-17-15(18-13)10-4-2-1-3-5-10/h1-9,19H,(H,17,18). The monoisotopic (exact) mass is 270 g/mol. The zero-order chi connectivity index (χ0) is 13.2. The molecule has 0 unspecified atom stereocenters. The van der Waals surface area contributed by atoms with Crippen LogP contribution >= 0.6 is 11.6 Å². The lowest BCUT2D eigenvalue weighted by Crippen LogP contribution is -1.81. The summed E-state index contributed by atoms with van der Waals surface area (Å²) in [6.07, 6.45) is 1.69. The summed E-state index contributed by atoms with van der Waals surface area (Å²) in [6, 6.07) is 14.7. The Hall–Kier alpha value is -2.26. The number of phenolic OH excluding ortho intramolecular Hbond substituents is 1. The third-order valence-electron chi connectivity index (χ3n) is 2.87. The molecule has 0 bridgehead atoms. The first-order valence-electron chi connectivity index (χ1n) is 5.83. The van der Waals surface area contributed by atoms with E-state index in [0.717, 1.165) is 17.1 Å². The maximum atomic E-state index is 9.86. The smallest absolute Gasteiger partial charge is 0.137 e. The van der Waals surface area contributed by atoms with Gasteiger partial charge in [-0.3, -0.25) is 0 Å². The normalized spacial score (nSPS) is 10.6. The summed E-state index contributed by atoms with van der Waals surface area (Å²) in [5.74, 6) is 0.933. The molecule has 0 atom stereocenters. The Morgan fingerprint density at radius 1 is 1.05 bits per heavy atom. The first-order chi connectivity index (χ1) is 9.24. The molecule has 3 rings (SSSR count). The second-order valence-electron chi connectivity index (χ2n) is 4.17. The molecule has 0 aliphatic rings. The molecule has 0 spiro atoms. The van der Waals surface area contributed by atoms with Gasteiger partial charge >= 0.3 is 0 Å². The molecule has 0 amide bonds. The number of aromatic amines is 1. The van der Waals surface area contributed by atoms with E-state index in [1.807, 2.05) is 30.3 Å². The van der Waals surface area contributed by atoms with Crippen molar-refractivity contribution in [3.05, 3.63) is 59.8 Å². The number of imidazole rings is 1. The van der Waals surface area contributed by atoms with Crippen LogP contribution < -0.4 is 0 Å². The van der Waals surface area contributed by atoms with Gasteiger partial charge in [-0.05, 0) is 18.2 Å². The van der Waals surface area contributed by atoms with Gasteiger partial charge in [0.25, 0.3) is 0 Å². The van der Waals surface area contributed by atoms with E-state index in [9.17, 15) is 5.11 Å². The van der Waals surface area contributed by atoms with Crippen molar-refractivity contribution < 1.29 is 5.11 Å². The Morgan fingerprint density at radius 2 is 1.84 bits per heavy atom. The Bertz CT molecular complexity index is 707. The van der Waals surface area contributed by atoms with Crippen LogP contribution in [0.15, 0.2) is 54.7 Å². The molecule has 19 heavy (non-hydrogen) atoms. The van der Waals surface area contributed by atoms with Crippen molar-refractivity contribution in [1.82, 2.24) is 9.97 Å². The molecular formula is C15H11ClN2O. The van der Waals surface area contributed by atoms with Gasteiger partial charge in [0.05, 0.1) is 11.9 Å². The van der Waals surface area contributed by atoms with Gasteiger partial charge in [-0.1, -0.05) is 41.9 Å². The van der Waals surface area contributed by atoms with Crippen LogP contribution in [0.5, 0.6) is 5.75 Å². The van der Waals surface area contributed by atoms with Crippen LogP contribution in [0.1, 0.15) is 0 Å². The van der Waals surface area contributed by atoms with Crippen LogP contribution in [-0.4, -0.2) is 15.1 Å². The molecular weight excluding hydrogens is 260 g/mol. The number of rotatable bonds is 2. The highest BCUT2D eigenvalue weighted by atomic mass is 35.5. The molecule has 0 radical (unpaired) electrons. The number of benzene rings is 2. The Labute approximate surface area is 115 Å². The quantitative estimate of drug-likeness (QED) is 0.736. The van der Waals surface area contributed by atoms with Gasteiger partial charge in [-0.25, -0.2) is 4.98 Å². The number of aromatic hydroxyl groups is 1. The average molecular weight is 271 g/mol. The molecule has 2 aromatic carbocycles. The molecule has 4 heteroatoms. The van der Waals surface area contributed by atoms with E-state index in [1.165, 1.54) is 0 Å². The summed E-state index contributed by atoms with van der Waals surface area (Å²) in [5, 5.41) is 10.4. The fraction of sp³-hybridized carbons (Fsp3) is 0.